The molecule has 1 nitrogen and oxygen atoms in total. The minimum Gasteiger partial charge on any atom is -0.378 e. The summed E-state index contributed by atoms with van der Waals surface area (Å²) in [6, 6.07) is 8.56. The Kier molecular flexibility index (Phi) is 3.97. The molecule has 0 atom stereocenters. The average molecular weight is 257 g/mol. The van der Waals surface area contributed by atoms with Gasteiger partial charge in [-0.05, 0) is 41.7 Å². The van der Waals surface area contributed by atoms with Gasteiger partial charge in [0.2, 0.25) is 0 Å². The lowest BCUT2D eigenvalue weighted by Gasteiger charge is -2.18. The first kappa shape index (κ1) is 13.0. The smallest absolute Gasteiger partial charge is 0.0361 e. The summed E-state index contributed by atoms with van der Waals surface area (Å²) < 4.78 is 0. The second-order valence-electron chi connectivity index (χ2n) is 4.76. The molecular formula is C16H19NS. The Morgan fingerprint density at radius 1 is 1.33 bits per heavy atom. The van der Waals surface area contributed by atoms with Gasteiger partial charge in [-0.2, -0.15) is 0 Å². The molecule has 0 fully saturated rings. The molecule has 0 spiro atoms. The van der Waals surface area contributed by atoms with Crippen LogP contribution in [0, 0.1) is 0 Å². The molecule has 0 radical (unpaired) electrons. The third kappa shape index (κ3) is 2.88. The molecule has 1 aromatic carbocycles. The van der Waals surface area contributed by atoms with Crippen LogP contribution in [0.2, 0.25) is 0 Å². The third-order valence-electron chi connectivity index (χ3n) is 3.20. The van der Waals surface area contributed by atoms with Crippen molar-refractivity contribution < 1.29 is 0 Å². The minimum atomic E-state index is 1.04. The van der Waals surface area contributed by atoms with Gasteiger partial charge in [0.1, 0.15) is 0 Å². The maximum atomic E-state index is 4.43. The summed E-state index contributed by atoms with van der Waals surface area (Å²) in [5, 5.41) is 0. The molecule has 2 rings (SSSR count). The molecule has 0 aromatic heterocycles. The number of benzene rings is 1. The van der Waals surface area contributed by atoms with Crippen LogP contribution in [0.1, 0.15) is 24.0 Å². The van der Waals surface area contributed by atoms with Crippen LogP contribution < -0.4 is 0 Å². The highest BCUT2D eigenvalue weighted by Gasteiger charge is 2.08. The van der Waals surface area contributed by atoms with Crippen molar-refractivity contribution >= 4 is 23.9 Å². The molecule has 0 unspecified atom stereocenters. The molecule has 1 aliphatic carbocycles. The molecule has 0 N–H and O–H groups in total. The van der Waals surface area contributed by atoms with Crippen molar-refractivity contribution in [3.63, 3.8) is 0 Å². The Labute approximate surface area is 115 Å². The van der Waals surface area contributed by atoms with Gasteiger partial charge in [0, 0.05) is 24.7 Å². The Hall–Kier alpha value is -1.41. The van der Waals surface area contributed by atoms with Crippen molar-refractivity contribution in [2.45, 2.75) is 12.8 Å². The average Bonchev–Trinajstić information content (AvgIpc) is 2.38. The zero-order valence-corrected chi connectivity index (χ0v) is 11.9. The summed E-state index contributed by atoms with van der Waals surface area (Å²) in [5.41, 5.74) is 4.84. The second kappa shape index (κ2) is 5.49. The molecule has 0 saturated heterocycles. The number of nitrogens with zero attached hydrogens (tertiary/aromatic N) is 1. The molecule has 0 aliphatic heterocycles. The fourth-order valence-corrected chi connectivity index (χ4v) is 2.35. The normalized spacial score (nSPS) is 14.8. The van der Waals surface area contributed by atoms with E-state index in [4.69, 9.17) is 0 Å². The first-order chi connectivity index (χ1) is 8.58. The first-order valence-electron chi connectivity index (χ1n) is 6.14. The van der Waals surface area contributed by atoms with Crippen LogP contribution in [-0.2, 0) is 0 Å². The molecule has 0 bridgehead atoms. The summed E-state index contributed by atoms with van der Waals surface area (Å²) in [5.74, 6) is 0. The van der Waals surface area contributed by atoms with Crippen LogP contribution in [0.25, 0.3) is 11.3 Å². The van der Waals surface area contributed by atoms with E-state index in [1.807, 2.05) is 19.0 Å². The number of allylic oxidation sites excluding steroid dienone is 3. The largest absolute Gasteiger partial charge is 0.378 e. The summed E-state index contributed by atoms with van der Waals surface area (Å²) >= 11 is 4.43. The van der Waals surface area contributed by atoms with Gasteiger partial charge in [0.15, 0.2) is 0 Å². The van der Waals surface area contributed by atoms with Crippen molar-refractivity contribution in [2.24, 2.45) is 0 Å². The molecule has 94 valence electrons. The monoisotopic (exact) mass is 257 g/mol. The van der Waals surface area contributed by atoms with E-state index >= 15 is 0 Å². The van der Waals surface area contributed by atoms with Gasteiger partial charge in [-0.15, -0.1) is 12.6 Å². The summed E-state index contributed by atoms with van der Waals surface area (Å²) in [4.78, 5) is 3.10. The van der Waals surface area contributed by atoms with Crippen molar-refractivity contribution in [1.82, 2.24) is 4.90 Å². The SMILES string of the molecule is C=C(c1cccc(C2=CC(S)=CCC2)c1)N(C)C. The topological polar surface area (TPSA) is 3.24 Å². The lowest BCUT2D eigenvalue weighted by atomic mass is 9.95. The van der Waals surface area contributed by atoms with Gasteiger partial charge in [-0.25, -0.2) is 0 Å². The van der Waals surface area contributed by atoms with Crippen molar-refractivity contribution in [2.75, 3.05) is 14.1 Å². The maximum absolute atomic E-state index is 4.43. The van der Waals surface area contributed by atoms with Crippen LogP contribution >= 0.6 is 12.6 Å². The van der Waals surface area contributed by atoms with Gasteiger partial charge in [-0.3, -0.25) is 0 Å². The Morgan fingerprint density at radius 3 is 2.78 bits per heavy atom. The number of hydrogen-bond donors (Lipinski definition) is 1. The second-order valence-corrected chi connectivity index (χ2v) is 5.28. The lowest BCUT2D eigenvalue weighted by Crippen LogP contribution is -2.08. The molecule has 0 saturated carbocycles. The number of rotatable bonds is 3. The van der Waals surface area contributed by atoms with Crippen LogP contribution in [0.15, 0.2) is 47.9 Å². The van der Waals surface area contributed by atoms with Crippen LogP contribution in [0.5, 0.6) is 0 Å². The fourth-order valence-electron chi connectivity index (χ4n) is 2.07. The standard InChI is InChI=1S/C16H19NS/c1-12(17(2)3)13-6-4-7-14(10-13)15-8-5-9-16(18)11-15/h4,6-7,9-11,18H,1,5,8H2,2-3H3. The highest BCUT2D eigenvalue weighted by Crippen LogP contribution is 2.29. The van der Waals surface area contributed by atoms with E-state index in [0.717, 1.165) is 23.4 Å². The van der Waals surface area contributed by atoms with Gasteiger partial charge >= 0.3 is 0 Å². The van der Waals surface area contributed by atoms with Crippen LogP contribution in [0.3, 0.4) is 0 Å². The number of thiol groups is 1. The van der Waals surface area contributed by atoms with Crippen molar-refractivity contribution in [1.29, 1.82) is 0 Å². The van der Waals surface area contributed by atoms with E-state index in [2.05, 4.69) is 55.6 Å². The lowest BCUT2D eigenvalue weighted by molar-refractivity contribution is 0.593. The summed E-state index contributed by atoms with van der Waals surface area (Å²) in [6.45, 7) is 4.11. The van der Waals surface area contributed by atoms with Crippen LogP contribution in [-0.4, -0.2) is 19.0 Å². The zero-order valence-electron chi connectivity index (χ0n) is 11.0. The van der Waals surface area contributed by atoms with E-state index in [9.17, 15) is 0 Å². The number of hydrogen-bond acceptors (Lipinski definition) is 2. The summed E-state index contributed by atoms with van der Waals surface area (Å²) in [6.07, 6.45) is 6.48. The van der Waals surface area contributed by atoms with Gasteiger partial charge in [0.25, 0.3) is 0 Å². The Bertz CT molecular complexity index is 524. The highest BCUT2D eigenvalue weighted by molar-refractivity contribution is 7.84. The molecule has 0 amide bonds. The van der Waals surface area contributed by atoms with Gasteiger partial charge in [0.05, 0.1) is 0 Å². The van der Waals surface area contributed by atoms with Gasteiger partial charge < -0.3 is 4.90 Å². The molecule has 18 heavy (non-hydrogen) atoms. The third-order valence-corrected chi connectivity index (χ3v) is 3.51. The first-order valence-corrected chi connectivity index (χ1v) is 6.59. The Morgan fingerprint density at radius 2 is 2.11 bits per heavy atom. The van der Waals surface area contributed by atoms with E-state index in [0.29, 0.717) is 0 Å². The summed E-state index contributed by atoms with van der Waals surface area (Å²) in [7, 11) is 4.03. The Balaban J connectivity index is 2.33. The van der Waals surface area contributed by atoms with Crippen molar-refractivity contribution in [3.8, 4) is 0 Å². The predicted octanol–water partition coefficient (Wildman–Crippen LogP) is 4.21. The molecule has 2 heteroatoms. The van der Waals surface area contributed by atoms with Crippen LogP contribution in [0.4, 0.5) is 0 Å². The predicted molar refractivity (Wildman–Crippen MR) is 83.4 cm³/mol. The molecular weight excluding hydrogens is 238 g/mol. The van der Waals surface area contributed by atoms with Gasteiger partial charge in [-0.1, -0.05) is 30.9 Å². The quantitative estimate of drug-likeness (QED) is 0.794. The van der Waals surface area contributed by atoms with E-state index < -0.39 is 0 Å². The zero-order chi connectivity index (χ0) is 13.1. The molecule has 1 aliphatic rings. The molecule has 0 heterocycles. The fraction of sp³-hybridized carbons (Fsp3) is 0.250. The molecule has 1 aromatic rings. The maximum Gasteiger partial charge on any atom is 0.0361 e. The highest BCUT2D eigenvalue weighted by atomic mass is 32.1. The van der Waals surface area contributed by atoms with E-state index in [1.165, 1.54) is 16.7 Å². The van der Waals surface area contributed by atoms with Crippen molar-refractivity contribution in [3.05, 3.63) is 59.0 Å². The minimum absolute atomic E-state index is 1.04. The van der Waals surface area contributed by atoms with E-state index in [1.54, 1.807) is 0 Å². The van der Waals surface area contributed by atoms with E-state index in [-0.39, 0.29) is 0 Å².